The second-order valence-corrected chi connectivity index (χ2v) is 9.13. The molecule has 11 heteroatoms. The SMILES string of the molecule is O=C1OC2(c3cc(Cl)c(O)c(Cl)c3Oc3c2cc(Cl)c(O)c3Cl)c2c(Cl)ccc(Cl)c21. The number of carbonyl (C=O) groups is 1. The molecule has 5 rings (SSSR count). The Morgan fingerprint density at radius 2 is 1.23 bits per heavy atom. The molecule has 31 heavy (non-hydrogen) atoms. The predicted octanol–water partition coefficient (Wildman–Crippen LogP) is 7.59. The number of carbonyl (C=O) groups excluding carboxylic acids is 1. The van der Waals surface area contributed by atoms with Crippen LogP contribution in [0.3, 0.4) is 0 Å². The highest BCUT2D eigenvalue weighted by atomic mass is 35.5. The highest BCUT2D eigenvalue weighted by Crippen LogP contribution is 2.63. The third kappa shape index (κ3) is 2.62. The van der Waals surface area contributed by atoms with Gasteiger partial charge in [-0.05, 0) is 24.3 Å². The molecule has 0 aromatic heterocycles. The van der Waals surface area contributed by atoms with E-state index in [0.29, 0.717) is 0 Å². The quantitative estimate of drug-likeness (QED) is 0.288. The first-order chi connectivity index (χ1) is 14.6. The number of fused-ring (bicyclic) bond motifs is 6. The molecule has 158 valence electrons. The van der Waals surface area contributed by atoms with Gasteiger partial charge in [0.15, 0.2) is 28.6 Å². The van der Waals surface area contributed by atoms with Crippen LogP contribution < -0.4 is 4.74 Å². The molecule has 0 bridgehead atoms. The summed E-state index contributed by atoms with van der Waals surface area (Å²) in [5.74, 6) is -1.90. The van der Waals surface area contributed by atoms with E-state index in [0.717, 1.165) is 0 Å². The van der Waals surface area contributed by atoms with Crippen molar-refractivity contribution in [3.8, 4) is 23.0 Å². The topological polar surface area (TPSA) is 76.0 Å². The fraction of sp³-hybridized carbons (Fsp3) is 0.0500. The van der Waals surface area contributed by atoms with Gasteiger partial charge in [-0.1, -0.05) is 69.6 Å². The van der Waals surface area contributed by atoms with Crippen molar-refractivity contribution in [3.63, 3.8) is 0 Å². The summed E-state index contributed by atoms with van der Waals surface area (Å²) in [5.41, 5.74) is -1.26. The van der Waals surface area contributed by atoms with Gasteiger partial charge in [-0.25, -0.2) is 4.79 Å². The average molecular weight is 539 g/mol. The standard InChI is InChI=1S/C20H6Cl6O5/c21-7-1-2-8(22)12-11(7)19(29)31-20(12)5-3-9(23)15(27)13(25)17(5)30-18-6(20)4-10(24)16(28)14(18)26/h1-4,27-28H. The van der Waals surface area contributed by atoms with Crippen molar-refractivity contribution in [1.82, 2.24) is 0 Å². The third-order valence-corrected chi connectivity index (χ3v) is 7.07. The minimum absolute atomic E-state index is 0.0219. The van der Waals surface area contributed by atoms with E-state index in [4.69, 9.17) is 79.1 Å². The van der Waals surface area contributed by atoms with Crippen molar-refractivity contribution in [2.24, 2.45) is 0 Å². The number of rotatable bonds is 0. The zero-order valence-electron chi connectivity index (χ0n) is 14.7. The van der Waals surface area contributed by atoms with Crippen molar-refractivity contribution in [3.05, 3.63) is 76.7 Å². The van der Waals surface area contributed by atoms with Crippen molar-refractivity contribution in [1.29, 1.82) is 0 Å². The Bertz CT molecular complexity index is 1290. The zero-order valence-corrected chi connectivity index (χ0v) is 19.2. The fourth-order valence-electron chi connectivity index (χ4n) is 3.87. The lowest BCUT2D eigenvalue weighted by atomic mass is 9.77. The summed E-state index contributed by atoms with van der Waals surface area (Å²) in [6, 6.07) is 5.61. The van der Waals surface area contributed by atoms with Gasteiger partial charge in [-0.2, -0.15) is 0 Å². The van der Waals surface area contributed by atoms with Crippen LogP contribution in [0.25, 0.3) is 0 Å². The maximum absolute atomic E-state index is 13.0. The summed E-state index contributed by atoms with van der Waals surface area (Å²) >= 11 is 37.8. The van der Waals surface area contributed by atoms with Crippen LogP contribution in [0.15, 0.2) is 24.3 Å². The molecule has 0 fully saturated rings. The number of hydrogen-bond acceptors (Lipinski definition) is 5. The molecule has 2 aliphatic heterocycles. The summed E-state index contributed by atoms with van der Waals surface area (Å²) in [7, 11) is 0. The number of aromatic hydroxyl groups is 2. The first kappa shape index (κ1) is 21.1. The van der Waals surface area contributed by atoms with Gasteiger partial charge in [-0.3, -0.25) is 0 Å². The molecule has 0 saturated carbocycles. The van der Waals surface area contributed by atoms with E-state index < -0.39 is 23.1 Å². The molecule has 2 N–H and O–H groups in total. The van der Waals surface area contributed by atoms with Crippen molar-refractivity contribution >= 4 is 75.6 Å². The molecule has 3 aromatic carbocycles. The molecule has 0 radical (unpaired) electrons. The molecule has 0 saturated heterocycles. The molecule has 5 nitrogen and oxygen atoms in total. The lowest BCUT2D eigenvalue weighted by Crippen LogP contribution is -2.33. The Hall–Kier alpha value is -1.73. The molecule has 0 unspecified atom stereocenters. The molecule has 0 aliphatic carbocycles. The van der Waals surface area contributed by atoms with Crippen molar-refractivity contribution in [2.75, 3.05) is 0 Å². The Morgan fingerprint density at radius 1 is 0.742 bits per heavy atom. The van der Waals surface area contributed by atoms with Crippen LogP contribution in [-0.4, -0.2) is 16.2 Å². The predicted molar refractivity (Wildman–Crippen MR) is 118 cm³/mol. The van der Waals surface area contributed by atoms with E-state index in [1.54, 1.807) is 0 Å². The maximum atomic E-state index is 13.0. The van der Waals surface area contributed by atoms with E-state index >= 15 is 0 Å². The molecule has 2 aliphatic rings. The van der Waals surface area contributed by atoms with Gasteiger partial charge in [0.1, 0.15) is 10.0 Å². The second kappa shape index (κ2) is 6.88. The van der Waals surface area contributed by atoms with Crippen LogP contribution >= 0.6 is 69.6 Å². The fourth-order valence-corrected chi connectivity index (χ4v) is 5.38. The van der Waals surface area contributed by atoms with E-state index in [-0.39, 0.29) is 63.9 Å². The molecule has 1 spiro atoms. The average Bonchev–Trinajstić information content (AvgIpc) is 3.04. The number of phenolic OH excluding ortho intramolecular Hbond substituents is 2. The number of phenols is 2. The summed E-state index contributed by atoms with van der Waals surface area (Å²) in [4.78, 5) is 13.0. The summed E-state index contributed by atoms with van der Waals surface area (Å²) in [6.45, 7) is 0. The highest BCUT2D eigenvalue weighted by Gasteiger charge is 2.57. The third-order valence-electron chi connectivity index (χ3n) is 5.17. The smallest absolute Gasteiger partial charge is 0.341 e. The number of esters is 1. The molecule has 0 atom stereocenters. The molecular formula is C20H6Cl6O5. The van der Waals surface area contributed by atoms with E-state index in [1.165, 1.54) is 24.3 Å². The lowest BCUT2D eigenvalue weighted by Gasteiger charge is -2.38. The van der Waals surface area contributed by atoms with Crippen LogP contribution in [0, 0.1) is 0 Å². The van der Waals surface area contributed by atoms with Crippen molar-refractivity contribution in [2.45, 2.75) is 5.60 Å². The summed E-state index contributed by atoms with van der Waals surface area (Å²) in [5, 5.41) is 20.0. The second-order valence-electron chi connectivity index (χ2n) is 6.75. The summed E-state index contributed by atoms with van der Waals surface area (Å²) in [6.07, 6.45) is 0. The number of halogens is 6. The van der Waals surface area contributed by atoms with Gasteiger partial charge in [-0.15, -0.1) is 0 Å². The minimum Gasteiger partial charge on any atom is -0.505 e. The Labute approximate surface area is 204 Å². The monoisotopic (exact) mass is 536 g/mol. The Morgan fingerprint density at radius 3 is 1.74 bits per heavy atom. The minimum atomic E-state index is -1.78. The van der Waals surface area contributed by atoms with Crippen LogP contribution in [0.1, 0.15) is 27.0 Å². The molecular weight excluding hydrogens is 533 g/mol. The normalized spacial score (nSPS) is 15.2. The van der Waals surface area contributed by atoms with Gasteiger partial charge in [0.2, 0.25) is 0 Å². The first-order valence-electron chi connectivity index (χ1n) is 8.42. The van der Waals surface area contributed by atoms with Crippen LogP contribution in [0.5, 0.6) is 23.0 Å². The summed E-state index contributed by atoms with van der Waals surface area (Å²) < 4.78 is 11.7. The Balaban J connectivity index is 2.03. The molecule has 0 amide bonds. The van der Waals surface area contributed by atoms with Gasteiger partial charge >= 0.3 is 5.97 Å². The Kier molecular flexibility index (Phi) is 4.69. The maximum Gasteiger partial charge on any atom is 0.341 e. The van der Waals surface area contributed by atoms with Gasteiger partial charge in [0.25, 0.3) is 0 Å². The van der Waals surface area contributed by atoms with Gasteiger partial charge in [0.05, 0.1) is 31.8 Å². The zero-order chi connectivity index (χ0) is 22.4. The molecule has 2 heterocycles. The largest absolute Gasteiger partial charge is 0.505 e. The molecule has 3 aromatic rings. The van der Waals surface area contributed by atoms with Gasteiger partial charge < -0.3 is 19.7 Å². The van der Waals surface area contributed by atoms with Gasteiger partial charge in [0, 0.05) is 10.6 Å². The van der Waals surface area contributed by atoms with E-state index in [2.05, 4.69) is 0 Å². The lowest BCUT2D eigenvalue weighted by molar-refractivity contribution is 0.0224. The van der Waals surface area contributed by atoms with Crippen LogP contribution in [-0.2, 0) is 10.3 Å². The van der Waals surface area contributed by atoms with Crippen molar-refractivity contribution < 1.29 is 24.5 Å². The first-order valence-corrected chi connectivity index (χ1v) is 10.7. The van der Waals surface area contributed by atoms with E-state index in [9.17, 15) is 15.0 Å². The number of hydrogen-bond donors (Lipinski definition) is 2. The van der Waals surface area contributed by atoms with Crippen LogP contribution in [0.2, 0.25) is 30.1 Å². The van der Waals surface area contributed by atoms with Crippen LogP contribution in [0.4, 0.5) is 0 Å². The highest BCUT2D eigenvalue weighted by molar-refractivity contribution is 6.40. The number of benzene rings is 3. The number of ether oxygens (including phenoxy) is 2. The van der Waals surface area contributed by atoms with E-state index in [1.807, 2.05) is 0 Å².